The van der Waals surface area contributed by atoms with Crippen LogP contribution in [0.15, 0.2) is 60.0 Å². The van der Waals surface area contributed by atoms with E-state index in [1.165, 1.54) is 6.20 Å². The number of pyridine rings is 3. The number of nitrogens with zero attached hydrogens (tertiary/aromatic N) is 8. The maximum Gasteiger partial charge on any atom is 0.419 e. The number of imidazole rings is 1. The fourth-order valence-electron chi connectivity index (χ4n) is 5.81. The van der Waals surface area contributed by atoms with Gasteiger partial charge in [0.2, 0.25) is 17.7 Å². The Balaban J connectivity index is 1.69. The molecule has 0 aliphatic heterocycles. The monoisotopic (exact) mass is 653 g/mol. The molecular formula is C35H34F3N9O. The largest absolute Gasteiger partial charge is 0.419 e. The zero-order valence-corrected chi connectivity index (χ0v) is 27.2. The number of hydrogen-bond donors (Lipinski definition) is 1. The van der Waals surface area contributed by atoms with Crippen molar-refractivity contribution in [3.63, 3.8) is 0 Å². The molecule has 0 saturated carbocycles. The van der Waals surface area contributed by atoms with Crippen molar-refractivity contribution in [2.24, 2.45) is 18.0 Å². The first-order valence-electron chi connectivity index (χ1n) is 15.5. The van der Waals surface area contributed by atoms with Gasteiger partial charge in [0.05, 0.1) is 57.4 Å². The number of benzene rings is 1. The smallest absolute Gasteiger partial charge is 0.311 e. The molecule has 48 heavy (non-hydrogen) atoms. The summed E-state index contributed by atoms with van der Waals surface area (Å²) in [6, 6.07) is 11.8. The van der Waals surface area contributed by atoms with Crippen LogP contribution >= 0.6 is 0 Å². The van der Waals surface area contributed by atoms with Crippen LogP contribution < -0.4 is 10.9 Å². The normalized spacial score (nSPS) is 12.4. The molecule has 0 bridgehead atoms. The van der Waals surface area contributed by atoms with Gasteiger partial charge in [-0.1, -0.05) is 32.8 Å². The van der Waals surface area contributed by atoms with Crippen LogP contribution in [0.25, 0.3) is 38.8 Å². The molecule has 10 nitrogen and oxygen atoms in total. The summed E-state index contributed by atoms with van der Waals surface area (Å²) in [5.41, 5.74) is 1.87. The van der Waals surface area contributed by atoms with Gasteiger partial charge in [0.25, 0.3) is 0 Å². The Morgan fingerprint density at radius 3 is 2.31 bits per heavy atom. The van der Waals surface area contributed by atoms with Crippen molar-refractivity contribution in [2.45, 2.75) is 65.0 Å². The van der Waals surface area contributed by atoms with Gasteiger partial charge in [0, 0.05) is 30.1 Å². The number of alkyl halides is 3. The van der Waals surface area contributed by atoms with E-state index in [0.29, 0.717) is 51.7 Å². The first-order valence-corrected chi connectivity index (χ1v) is 15.5. The Hall–Kier alpha value is -5.56. The van der Waals surface area contributed by atoms with Gasteiger partial charge < -0.3 is 9.88 Å². The number of nitrogens with one attached hydrogen (secondary N) is 1. The fraction of sp³-hybridized carbons (Fsp3) is 0.343. The Bertz CT molecular complexity index is 2160. The zero-order chi connectivity index (χ0) is 34.8. The van der Waals surface area contributed by atoms with Crippen LogP contribution in [0.4, 0.5) is 19.0 Å². The van der Waals surface area contributed by atoms with E-state index >= 15 is 0 Å². The molecule has 246 valence electrons. The molecular weight excluding hydrogens is 619 g/mol. The van der Waals surface area contributed by atoms with Crippen LogP contribution in [0.3, 0.4) is 0 Å². The summed E-state index contributed by atoms with van der Waals surface area (Å²) < 4.78 is 46.5. The standard InChI is InChI=1S/C35H34F3N9O/c1-6-8-21(9-7-2)32(48)45-31-26(35(36,37)38)15-23(16-43-31)22-10-12-27-25(14-22)30-28(18-41-27)46(5)33(44-20-40)47(30)24-11-13-29(42-17-24)34(3,4)19-39/h10-18,21H,6-9H2,1-5H3,(H,43,45,48)/b44-33-. The van der Waals surface area contributed by atoms with Crippen molar-refractivity contribution in [3.05, 3.63) is 71.9 Å². The number of aromatic nitrogens is 5. The molecule has 13 heteroatoms. The molecule has 0 spiro atoms. The summed E-state index contributed by atoms with van der Waals surface area (Å²) in [7, 11) is 1.73. The zero-order valence-electron chi connectivity index (χ0n) is 27.2. The number of carbonyl (C=O) groups is 1. The maximum absolute atomic E-state index is 14.4. The molecule has 1 aromatic carbocycles. The van der Waals surface area contributed by atoms with E-state index in [1.54, 1.807) is 72.8 Å². The predicted molar refractivity (Wildman–Crippen MR) is 175 cm³/mol. The lowest BCUT2D eigenvalue weighted by Gasteiger charge is -2.18. The lowest BCUT2D eigenvalue weighted by Crippen LogP contribution is -2.25. The molecule has 5 aromatic rings. The summed E-state index contributed by atoms with van der Waals surface area (Å²) in [6.45, 7) is 7.37. The Morgan fingerprint density at radius 2 is 1.71 bits per heavy atom. The highest BCUT2D eigenvalue weighted by atomic mass is 19.4. The highest BCUT2D eigenvalue weighted by Gasteiger charge is 2.36. The molecule has 0 radical (unpaired) electrons. The summed E-state index contributed by atoms with van der Waals surface area (Å²) >= 11 is 0. The number of anilines is 1. The summed E-state index contributed by atoms with van der Waals surface area (Å²) in [6.07, 6.45) is 4.19. The van der Waals surface area contributed by atoms with Gasteiger partial charge in [-0.05, 0) is 62.6 Å². The van der Waals surface area contributed by atoms with Crippen molar-refractivity contribution in [1.82, 2.24) is 24.1 Å². The first-order chi connectivity index (χ1) is 22.8. The van der Waals surface area contributed by atoms with Gasteiger partial charge in [-0.15, -0.1) is 4.99 Å². The van der Waals surface area contributed by atoms with E-state index in [1.807, 2.05) is 20.0 Å². The maximum atomic E-state index is 14.4. The topological polar surface area (TPSA) is 138 Å². The molecule has 1 amide bonds. The second-order valence-corrected chi connectivity index (χ2v) is 12.2. The van der Waals surface area contributed by atoms with Gasteiger partial charge in [0.15, 0.2) is 0 Å². The third-order valence-electron chi connectivity index (χ3n) is 8.39. The quantitative estimate of drug-likeness (QED) is 0.165. The van der Waals surface area contributed by atoms with Crippen molar-refractivity contribution in [1.29, 1.82) is 10.5 Å². The van der Waals surface area contributed by atoms with Crippen LogP contribution in [-0.4, -0.2) is 30.0 Å². The molecule has 0 atom stereocenters. The van der Waals surface area contributed by atoms with Crippen molar-refractivity contribution < 1.29 is 18.0 Å². The van der Waals surface area contributed by atoms with Gasteiger partial charge in [-0.25, -0.2) is 4.98 Å². The third kappa shape index (κ3) is 6.36. The Kier molecular flexibility index (Phi) is 9.35. The van der Waals surface area contributed by atoms with Crippen LogP contribution in [0.5, 0.6) is 0 Å². The van der Waals surface area contributed by atoms with E-state index in [-0.39, 0.29) is 11.2 Å². The van der Waals surface area contributed by atoms with Gasteiger partial charge >= 0.3 is 6.18 Å². The second kappa shape index (κ2) is 13.3. The third-order valence-corrected chi connectivity index (χ3v) is 8.39. The lowest BCUT2D eigenvalue weighted by atomic mass is 9.91. The summed E-state index contributed by atoms with van der Waals surface area (Å²) in [5.74, 6) is -1.41. The second-order valence-electron chi connectivity index (χ2n) is 12.2. The number of halogens is 3. The SMILES string of the molecule is CCCC(CCC)C(=O)Nc1ncc(-c2ccc3ncc4c(c3c2)n(-c2ccc(C(C)(C)C#N)nc2)/c(=N\C#N)n4C)cc1C(F)(F)F. The lowest BCUT2D eigenvalue weighted by molar-refractivity contribution is -0.137. The van der Waals surface area contributed by atoms with E-state index < -0.39 is 34.8 Å². The summed E-state index contributed by atoms with van der Waals surface area (Å²) in [5, 5.41) is 22.1. The van der Waals surface area contributed by atoms with Crippen LogP contribution in [0.2, 0.25) is 0 Å². The van der Waals surface area contributed by atoms with E-state index in [9.17, 15) is 28.5 Å². The molecule has 0 saturated heterocycles. The van der Waals surface area contributed by atoms with Crippen molar-refractivity contribution >= 4 is 33.7 Å². The average Bonchev–Trinajstić information content (AvgIpc) is 3.35. The molecule has 0 unspecified atom stereocenters. The van der Waals surface area contributed by atoms with Gasteiger partial charge in [0.1, 0.15) is 5.82 Å². The van der Waals surface area contributed by atoms with Crippen molar-refractivity contribution in [2.75, 3.05) is 5.32 Å². The van der Waals surface area contributed by atoms with Crippen LogP contribution in [-0.2, 0) is 23.4 Å². The number of aryl methyl sites for hydroxylation is 1. The Labute approximate surface area is 275 Å². The molecule has 0 aliphatic carbocycles. The number of nitriles is 2. The number of amides is 1. The fourth-order valence-corrected chi connectivity index (χ4v) is 5.81. The average molecular weight is 654 g/mol. The predicted octanol–water partition coefficient (Wildman–Crippen LogP) is 7.33. The molecule has 4 heterocycles. The van der Waals surface area contributed by atoms with E-state index in [2.05, 4.69) is 31.3 Å². The van der Waals surface area contributed by atoms with Crippen LogP contribution in [0, 0.1) is 28.7 Å². The summed E-state index contributed by atoms with van der Waals surface area (Å²) in [4.78, 5) is 30.2. The number of rotatable bonds is 9. The highest BCUT2D eigenvalue weighted by molar-refractivity contribution is 6.04. The number of fused-ring (bicyclic) bond motifs is 3. The Morgan fingerprint density at radius 1 is 0.979 bits per heavy atom. The minimum Gasteiger partial charge on any atom is -0.311 e. The molecule has 5 rings (SSSR count). The molecule has 0 aliphatic rings. The molecule has 4 aromatic heterocycles. The van der Waals surface area contributed by atoms with E-state index in [4.69, 9.17) is 0 Å². The van der Waals surface area contributed by atoms with Crippen molar-refractivity contribution in [3.8, 4) is 29.1 Å². The number of carbonyl (C=O) groups excluding carboxylic acids is 1. The minimum absolute atomic E-state index is 0.187. The highest BCUT2D eigenvalue weighted by Crippen LogP contribution is 2.38. The molecule has 0 fully saturated rings. The first kappa shape index (κ1) is 33.8. The van der Waals surface area contributed by atoms with Gasteiger partial charge in [-0.3, -0.25) is 19.3 Å². The van der Waals surface area contributed by atoms with Gasteiger partial charge in [-0.2, -0.15) is 23.7 Å². The number of hydrogen-bond acceptors (Lipinski definition) is 7. The van der Waals surface area contributed by atoms with Crippen LogP contribution in [0.1, 0.15) is 64.6 Å². The van der Waals surface area contributed by atoms with E-state index in [0.717, 1.165) is 18.9 Å². The minimum atomic E-state index is -4.78. The molecule has 1 N–H and O–H groups in total.